The first-order valence-corrected chi connectivity index (χ1v) is 8.48. The van der Waals surface area contributed by atoms with Crippen LogP contribution in [-0.4, -0.2) is 20.2 Å². The number of primary amides is 1. The second-order valence-electron chi connectivity index (χ2n) is 5.21. The molecule has 0 bridgehead atoms. The molecule has 0 aliphatic rings. The van der Waals surface area contributed by atoms with E-state index in [1.54, 1.807) is 19.1 Å². The van der Waals surface area contributed by atoms with Gasteiger partial charge in [-0.1, -0.05) is 6.07 Å². The summed E-state index contributed by atoms with van der Waals surface area (Å²) in [5.41, 5.74) is 6.87. The van der Waals surface area contributed by atoms with Crippen LogP contribution in [0.25, 0.3) is 0 Å². The van der Waals surface area contributed by atoms with Crippen molar-refractivity contribution in [1.29, 1.82) is 0 Å². The molecule has 8 heteroatoms. The molecule has 0 saturated heterocycles. The number of nitrogens with two attached hydrogens (primary N) is 1. The summed E-state index contributed by atoms with van der Waals surface area (Å²) in [5, 5.41) is 2.59. The highest BCUT2D eigenvalue weighted by atomic mass is 32.2. The van der Waals surface area contributed by atoms with Crippen LogP contribution in [0.5, 0.6) is 0 Å². The van der Waals surface area contributed by atoms with Crippen molar-refractivity contribution in [3.63, 3.8) is 0 Å². The lowest BCUT2D eigenvalue weighted by Gasteiger charge is -2.11. The van der Waals surface area contributed by atoms with E-state index < -0.39 is 15.9 Å². The summed E-state index contributed by atoms with van der Waals surface area (Å²) >= 11 is 0. The summed E-state index contributed by atoms with van der Waals surface area (Å²) in [5.74, 6) is -0.911. The first kappa shape index (κ1) is 17.5. The molecule has 2 aromatic carbocycles. The third kappa shape index (κ3) is 4.11. The summed E-state index contributed by atoms with van der Waals surface area (Å²) in [4.78, 5) is 22.3. The molecular formula is C16H17N3O4S. The number of rotatable bonds is 5. The zero-order valence-corrected chi connectivity index (χ0v) is 14.0. The lowest BCUT2D eigenvalue weighted by atomic mass is 10.1. The Balaban J connectivity index is 2.27. The van der Waals surface area contributed by atoms with Gasteiger partial charge in [0.2, 0.25) is 11.8 Å². The predicted octanol–water partition coefficient (Wildman–Crippen LogP) is 1.85. The number of nitrogens with one attached hydrogen (secondary N) is 2. The Morgan fingerprint density at radius 1 is 1.00 bits per heavy atom. The number of hydrogen-bond acceptors (Lipinski definition) is 4. The fourth-order valence-electron chi connectivity index (χ4n) is 2.07. The Labute approximate surface area is 139 Å². The molecule has 0 unspecified atom stereocenters. The maximum atomic E-state index is 12.4. The van der Waals surface area contributed by atoms with Gasteiger partial charge in [0, 0.05) is 23.9 Å². The molecule has 4 N–H and O–H groups in total. The minimum atomic E-state index is -3.87. The molecule has 7 nitrogen and oxygen atoms in total. The Kier molecular flexibility index (Phi) is 4.89. The minimum absolute atomic E-state index is 0.0622. The van der Waals surface area contributed by atoms with E-state index in [1.165, 1.54) is 37.3 Å². The largest absolute Gasteiger partial charge is 0.366 e. The molecule has 2 aromatic rings. The third-order valence-corrected chi connectivity index (χ3v) is 4.62. The van der Waals surface area contributed by atoms with E-state index in [4.69, 9.17) is 5.73 Å². The number of aryl methyl sites for hydroxylation is 1. The van der Waals surface area contributed by atoms with Crippen molar-refractivity contribution in [3.8, 4) is 0 Å². The SMILES string of the molecule is CC(=O)Nc1ccc(NS(=O)(=O)c2ccc(C)c(C(N)=O)c2)cc1. The van der Waals surface area contributed by atoms with E-state index in [-0.39, 0.29) is 16.4 Å². The zero-order valence-electron chi connectivity index (χ0n) is 13.2. The topological polar surface area (TPSA) is 118 Å². The summed E-state index contributed by atoms with van der Waals surface area (Å²) in [6.07, 6.45) is 0. The van der Waals surface area contributed by atoms with Gasteiger partial charge in [-0.25, -0.2) is 8.42 Å². The average Bonchev–Trinajstić information content (AvgIpc) is 2.48. The van der Waals surface area contributed by atoms with E-state index in [0.29, 0.717) is 16.9 Å². The van der Waals surface area contributed by atoms with Crippen molar-refractivity contribution in [1.82, 2.24) is 0 Å². The lowest BCUT2D eigenvalue weighted by molar-refractivity contribution is -0.114. The van der Waals surface area contributed by atoms with E-state index in [0.717, 1.165) is 0 Å². The summed E-state index contributed by atoms with van der Waals surface area (Å²) in [7, 11) is -3.87. The minimum Gasteiger partial charge on any atom is -0.366 e. The molecule has 2 rings (SSSR count). The van der Waals surface area contributed by atoms with Crippen LogP contribution in [0.1, 0.15) is 22.8 Å². The van der Waals surface area contributed by atoms with Crippen molar-refractivity contribution >= 4 is 33.2 Å². The highest BCUT2D eigenvalue weighted by Crippen LogP contribution is 2.20. The van der Waals surface area contributed by atoms with Gasteiger partial charge in [0.1, 0.15) is 0 Å². The smallest absolute Gasteiger partial charge is 0.261 e. The van der Waals surface area contributed by atoms with Crippen LogP contribution in [0.3, 0.4) is 0 Å². The molecule has 2 amide bonds. The third-order valence-electron chi connectivity index (χ3n) is 3.24. The molecule has 0 atom stereocenters. The molecule has 0 fully saturated rings. The fourth-order valence-corrected chi connectivity index (χ4v) is 3.16. The number of carbonyl (C=O) groups excluding carboxylic acids is 2. The van der Waals surface area contributed by atoms with Crippen molar-refractivity contribution in [2.24, 2.45) is 5.73 Å². The van der Waals surface area contributed by atoms with Crippen molar-refractivity contribution in [2.75, 3.05) is 10.0 Å². The predicted molar refractivity (Wildman–Crippen MR) is 91.3 cm³/mol. The van der Waals surface area contributed by atoms with Crippen molar-refractivity contribution < 1.29 is 18.0 Å². The normalized spacial score (nSPS) is 10.9. The number of anilines is 2. The Morgan fingerprint density at radius 3 is 2.12 bits per heavy atom. The van der Waals surface area contributed by atoms with Crippen molar-refractivity contribution in [2.45, 2.75) is 18.7 Å². The van der Waals surface area contributed by atoms with Gasteiger partial charge in [-0.2, -0.15) is 0 Å². The highest BCUT2D eigenvalue weighted by molar-refractivity contribution is 7.92. The van der Waals surface area contributed by atoms with Crippen LogP contribution in [-0.2, 0) is 14.8 Å². The van der Waals surface area contributed by atoms with E-state index >= 15 is 0 Å². The molecule has 0 saturated carbocycles. The number of hydrogen-bond donors (Lipinski definition) is 3. The molecule has 0 spiro atoms. The number of carbonyl (C=O) groups is 2. The van der Waals surface area contributed by atoms with Gasteiger partial charge < -0.3 is 11.1 Å². The van der Waals surface area contributed by atoms with Gasteiger partial charge in [-0.15, -0.1) is 0 Å². The highest BCUT2D eigenvalue weighted by Gasteiger charge is 2.17. The molecule has 0 aliphatic heterocycles. The van der Waals surface area contributed by atoms with E-state index in [2.05, 4.69) is 10.0 Å². The molecule has 24 heavy (non-hydrogen) atoms. The maximum absolute atomic E-state index is 12.4. The van der Waals surface area contributed by atoms with Crippen LogP contribution in [0.4, 0.5) is 11.4 Å². The second kappa shape index (κ2) is 6.71. The van der Waals surface area contributed by atoms with Gasteiger partial charge >= 0.3 is 0 Å². The molecule has 0 aliphatic carbocycles. The van der Waals surface area contributed by atoms with Crippen molar-refractivity contribution in [3.05, 3.63) is 53.6 Å². The molecule has 0 aromatic heterocycles. The quantitative estimate of drug-likeness (QED) is 0.765. The van der Waals surface area contributed by atoms with Gasteiger partial charge in [-0.05, 0) is 48.9 Å². The molecule has 126 valence electrons. The molecule has 0 radical (unpaired) electrons. The van der Waals surface area contributed by atoms with E-state index in [1.807, 2.05) is 0 Å². The second-order valence-corrected chi connectivity index (χ2v) is 6.89. The first-order valence-electron chi connectivity index (χ1n) is 7.00. The standard InChI is InChI=1S/C16H17N3O4S/c1-10-3-8-14(9-15(10)16(17)21)24(22,23)19-13-6-4-12(5-7-13)18-11(2)20/h3-9,19H,1-2H3,(H2,17,21)(H,18,20). The Bertz CT molecular complexity index is 890. The van der Waals surface area contributed by atoms with E-state index in [9.17, 15) is 18.0 Å². The lowest BCUT2D eigenvalue weighted by Crippen LogP contribution is -2.17. The number of benzene rings is 2. The Morgan fingerprint density at radius 2 is 1.58 bits per heavy atom. The first-order chi connectivity index (χ1) is 11.2. The molecule has 0 heterocycles. The zero-order chi connectivity index (χ0) is 17.9. The van der Waals surface area contributed by atoms with Gasteiger partial charge in [0.25, 0.3) is 10.0 Å². The summed E-state index contributed by atoms with van der Waals surface area (Å²) < 4.78 is 27.2. The van der Waals surface area contributed by atoms with Gasteiger partial charge in [0.15, 0.2) is 0 Å². The van der Waals surface area contributed by atoms with Gasteiger partial charge in [-0.3, -0.25) is 14.3 Å². The van der Waals surface area contributed by atoms with Crippen LogP contribution in [0, 0.1) is 6.92 Å². The summed E-state index contributed by atoms with van der Waals surface area (Å²) in [6, 6.07) is 10.3. The molecular weight excluding hydrogens is 330 g/mol. The Hall–Kier alpha value is -2.87. The maximum Gasteiger partial charge on any atom is 0.261 e. The monoisotopic (exact) mass is 347 g/mol. The number of sulfonamides is 1. The summed E-state index contributed by atoms with van der Waals surface area (Å²) in [6.45, 7) is 3.05. The fraction of sp³-hybridized carbons (Fsp3) is 0.125. The number of amides is 2. The van der Waals surface area contributed by atoms with Crippen LogP contribution in [0.15, 0.2) is 47.4 Å². The van der Waals surface area contributed by atoms with Crippen LogP contribution in [0.2, 0.25) is 0 Å². The van der Waals surface area contributed by atoms with Crippen LogP contribution < -0.4 is 15.8 Å². The average molecular weight is 347 g/mol. The van der Waals surface area contributed by atoms with Gasteiger partial charge in [0.05, 0.1) is 4.90 Å². The van der Waals surface area contributed by atoms with Crippen LogP contribution >= 0.6 is 0 Å².